The zero-order valence-electron chi connectivity index (χ0n) is 13.4. The first kappa shape index (κ1) is 17.5. The van der Waals surface area contributed by atoms with E-state index in [0.29, 0.717) is 31.6 Å². The lowest BCUT2D eigenvalue weighted by Crippen LogP contribution is -2.50. The topological polar surface area (TPSA) is 41.9 Å². The summed E-state index contributed by atoms with van der Waals surface area (Å²) in [5.74, 6) is -0.144. The Balaban J connectivity index is 1.60. The van der Waals surface area contributed by atoms with E-state index < -0.39 is 6.36 Å². The van der Waals surface area contributed by atoms with E-state index in [1.165, 1.54) is 12.1 Å². The monoisotopic (exact) mass is 345 g/mol. The predicted molar refractivity (Wildman–Crippen MR) is 81.6 cm³/mol. The molecule has 0 aliphatic carbocycles. The molecule has 0 bridgehead atoms. The van der Waals surface area contributed by atoms with Gasteiger partial charge in [-0.05, 0) is 25.3 Å². The number of hydrogen-bond acceptors (Lipinski definition) is 4. The lowest BCUT2D eigenvalue weighted by atomic mass is 9.83. The Morgan fingerprint density at radius 1 is 1.25 bits per heavy atom. The van der Waals surface area contributed by atoms with Gasteiger partial charge in [-0.15, -0.1) is 13.2 Å². The van der Waals surface area contributed by atoms with E-state index in [2.05, 4.69) is 9.64 Å². The summed E-state index contributed by atoms with van der Waals surface area (Å²) in [4.78, 5) is 2.11. The van der Waals surface area contributed by atoms with Gasteiger partial charge in [0.15, 0.2) is 0 Å². The molecule has 0 radical (unpaired) electrons. The summed E-state index contributed by atoms with van der Waals surface area (Å²) in [5, 5.41) is 9.86. The van der Waals surface area contributed by atoms with Crippen LogP contribution in [0.1, 0.15) is 31.2 Å². The van der Waals surface area contributed by atoms with Crippen LogP contribution in [0, 0.1) is 0 Å². The van der Waals surface area contributed by atoms with Gasteiger partial charge in [-0.3, -0.25) is 4.90 Å². The molecule has 2 saturated heterocycles. The lowest BCUT2D eigenvalue weighted by molar-refractivity contribution is -0.275. The summed E-state index contributed by atoms with van der Waals surface area (Å²) in [6.45, 7) is 2.44. The molecule has 0 saturated carbocycles. The van der Waals surface area contributed by atoms with Crippen molar-refractivity contribution in [3.05, 3.63) is 29.8 Å². The van der Waals surface area contributed by atoms with Crippen LogP contribution in [0.4, 0.5) is 13.2 Å². The Morgan fingerprint density at radius 3 is 2.62 bits per heavy atom. The molecule has 24 heavy (non-hydrogen) atoms. The van der Waals surface area contributed by atoms with E-state index in [1.807, 2.05) is 0 Å². The zero-order valence-corrected chi connectivity index (χ0v) is 13.4. The van der Waals surface area contributed by atoms with Crippen LogP contribution in [0.3, 0.4) is 0 Å². The molecule has 0 aromatic heterocycles. The number of ether oxygens (including phenoxy) is 2. The van der Waals surface area contributed by atoms with Gasteiger partial charge in [-0.25, -0.2) is 0 Å². The summed E-state index contributed by atoms with van der Waals surface area (Å²) in [6.07, 6.45) is -2.11. The minimum absolute atomic E-state index is 0.144. The van der Waals surface area contributed by atoms with Gasteiger partial charge in [-0.2, -0.15) is 0 Å². The third-order valence-electron chi connectivity index (χ3n) is 4.83. The first-order valence-electron chi connectivity index (χ1n) is 8.23. The largest absolute Gasteiger partial charge is 0.573 e. The van der Waals surface area contributed by atoms with Gasteiger partial charge in [0, 0.05) is 38.2 Å². The molecule has 1 aromatic rings. The highest BCUT2D eigenvalue weighted by atomic mass is 19.4. The van der Waals surface area contributed by atoms with E-state index in [4.69, 9.17) is 4.74 Å². The van der Waals surface area contributed by atoms with E-state index in [1.54, 1.807) is 12.1 Å². The van der Waals surface area contributed by atoms with E-state index in [9.17, 15) is 18.3 Å². The van der Waals surface area contributed by atoms with Crippen molar-refractivity contribution < 1.29 is 27.8 Å². The van der Waals surface area contributed by atoms with Crippen molar-refractivity contribution in [1.29, 1.82) is 0 Å². The normalized spacial score (nSPS) is 24.9. The summed E-state index contributed by atoms with van der Waals surface area (Å²) in [5.41, 5.74) is 0.256. The third kappa shape index (κ3) is 4.40. The van der Waals surface area contributed by atoms with Crippen LogP contribution in [0.15, 0.2) is 24.3 Å². The molecule has 3 rings (SSSR count). The van der Waals surface area contributed by atoms with Crippen LogP contribution in [0.25, 0.3) is 0 Å². The lowest BCUT2D eigenvalue weighted by Gasteiger charge is -2.45. The van der Waals surface area contributed by atoms with Gasteiger partial charge in [0.1, 0.15) is 5.75 Å². The molecule has 2 fully saturated rings. The number of likely N-dealkylation sites (tertiary alicyclic amines) is 1. The van der Waals surface area contributed by atoms with Crippen LogP contribution in [-0.4, -0.2) is 47.8 Å². The highest BCUT2D eigenvalue weighted by Gasteiger charge is 2.40. The Kier molecular flexibility index (Phi) is 5.03. The average Bonchev–Trinajstić information content (AvgIpc) is 2.50. The van der Waals surface area contributed by atoms with Crippen LogP contribution in [-0.2, 0) is 11.3 Å². The molecular formula is C17H22F3NO3. The molecule has 2 heterocycles. The van der Waals surface area contributed by atoms with Crippen molar-refractivity contribution in [1.82, 2.24) is 4.90 Å². The molecule has 1 aromatic carbocycles. The number of piperidine rings is 1. The maximum Gasteiger partial charge on any atom is 0.573 e. The average molecular weight is 345 g/mol. The molecule has 1 N–H and O–H groups in total. The number of hydrogen-bond donors (Lipinski definition) is 1. The zero-order chi connectivity index (χ0) is 17.2. The van der Waals surface area contributed by atoms with Gasteiger partial charge in [0.2, 0.25) is 0 Å². The van der Waals surface area contributed by atoms with Crippen molar-refractivity contribution in [2.24, 2.45) is 0 Å². The first-order valence-corrected chi connectivity index (χ1v) is 8.23. The number of nitrogens with zero attached hydrogens (tertiary/aromatic N) is 1. The number of alkyl halides is 3. The van der Waals surface area contributed by atoms with Gasteiger partial charge in [-0.1, -0.05) is 18.2 Å². The molecule has 1 spiro atoms. The maximum atomic E-state index is 12.5. The fourth-order valence-electron chi connectivity index (χ4n) is 3.57. The van der Waals surface area contributed by atoms with Crippen LogP contribution < -0.4 is 4.74 Å². The van der Waals surface area contributed by atoms with Gasteiger partial charge in [0.05, 0.1) is 11.7 Å². The van der Waals surface area contributed by atoms with Gasteiger partial charge >= 0.3 is 6.36 Å². The van der Waals surface area contributed by atoms with E-state index in [0.717, 1.165) is 25.9 Å². The molecule has 134 valence electrons. The van der Waals surface area contributed by atoms with Crippen LogP contribution in [0.5, 0.6) is 5.75 Å². The number of benzene rings is 1. The molecule has 1 unspecified atom stereocenters. The molecule has 2 aliphatic rings. The highest BCUT2D eigenvalue weighted by molar-refractivity contribution is 5.33. The second-order valence-corrected chi connectivity index (χ2v) is 6.61. The van der Waals surface area contributed by atoms with Crippen molar-refractivity contribution in [3.8, 4) is 5.75 Å². The molecule has 0 amide bonds. The van der Waals surface area contributed by atoms with Crippen LogP contribution in [0.2, 0.25) is 0 Å². The van der Waals surface area contributed by atoms with Crippen LogP contribution >= 0.6 is 0 Å². The van der Waals surface area contributed by atoms with E-state index in [-0.39, 0.29) is 17.5 Å². The third-order valence-corrected chi connectivity index (χ3v) is 4.83. The van der Waals surface area contributed by atoms with Gasteiger partial charge in [0.25, 0.3) is 0 Å². The summed E-state index contributed by atoms with van der Waals surface area (Å²) in [7, 11) is 0. The van der Waals surface area contributed by atoms with Crippen molar-refractivity contribution in [2.75, 3.05) is 19.7 Å². The second kappa shape index (κ2) is 6.90. The predicted octanol–water partition coefficient (Wildman–Crippen LogP) is 3.09. The molecular weight excluding hydrogens is 323 g/mol. The number of para-hydroxylation sites is 1. The number of rotatable bonds is 3. The number of halogens is 3. The molecule has 7 heteroatoms. The van der Waals surface area contributed by atoms with Crippen molar-refractivity contribution in [2.45, 2.75) is 50.3 Å². The molecule has 4 nitrogen and oxygen atoms in total. The quantitative estimate of drug-likeness (QED) is 0.914. The first-order chi connectivity index (χ1) is 11.4. The highest BCUT2D eigenvalue weighted by Crippen LogP contribution is 2.36. The molecule has 1 atom stereocenters. The fourth-order valence-corrected chi connectivity index (χ4v) is 3.57. The Bertz CT molecular complexity index is 556. The second-order valence-electron chi connectivity index (χ2n) is 6.61. The Morgan fingerprint density at radius 2 is 1.96 bits per heavy atom. The smallest absolute Gasteiger partial charge is 0.405 e. The van der Waals surface area contributed by atoms with Crippen molar-refractivity contribution in [3.63, 3.8) is 0 Å². The number of aliphatic hydroxyl groups is 1. The maximum absolute atomic E-state index is 12.5. The Labute approximate surface area is 139 Å². The minimum Gasteiger partial charge on any atom is -0.405 e. The Hall–Kier alpha value is -1.31. The fraction of sp³-hybridized carbons (Fsp3) is 0.647. The summed E-state index contributed by atoms with van der Waals surface area (Å²) < 4.78 is 47.5. The SMILES string of the molecule is OC1CCOC2(CCN(Cc3ccccc3OC(F)(F)F)CC2)C1. The van der Waals surface area contributed by atoms with Gasteiger partial charge < -0.3 is 14.6 Å². The minimum atomic E-state index is -4.69. The van der Waals surface area contributed by atoms with E-state index >= 15 is 0 Å². The summed E-state index contributed by atoms with van der Waals surface area (Å²) in [6, 6.07) is 6.25. The number of aliphatic hydroxyl groups excluding tert-OH is 1. The summed E-state index contributed by atoms with van der Waals surface area (Å²) >= 11 is 0. The standard InChI is InChI=1S/C17H22F3NO3/c18-17(19,20)24-15-4-2-1-3-13(15)12-21-8-6-16(7-9-21)11-14(22)5-10-23-16/h1-4,14,22H,5-12H2. The van der Waals surface area contributed by atoms with Crippen molar-refractivity contribution >= 4 is 0 Å². The molecule has 2 aliphatic heterocycles.